The lowest BCUT2D eigenvalue weighted by Crippen LogP contribution is -2.12. The molecule has 3 rings (SSSR count). The van der Waals surface area contributed by atoms with Gasteiger partial charge in [0.2, 0.25) is 0 Å². The highest BCUT2D eigenvalue weighted by Gasteiger charge is 2.07. The largest absolute Gasteiger partial charge is 0.322 e. The lowest BCUT2D eigenvalue weighted by molar-refractivity contribution is 0.102. The van der Waals surface area contributed by atoms with Gasteiger partial charge in [-0.2, -0.15) is 15.0 Å². The summed E-state index contributed by atoms with van der Waals surface area (Å²) in [6.45, 7) is 0. The van der Waals surface area contributed by atoms with Gasteiger partial charge in [0, 0.05) is 17.4 Å². The van der Waals surface area contributed by atoms with Crippen molar-refractivity contribution in [3.05, 3.63) is 65.7 Å². The normalized spacial score (nSPS) is 10.3. The molecule has 0 aliphatic rings. The van der Waals surface area contributed by atoms with Gasteiger partial charge in [-0.25, -0.2) is 4.98 Å². The molecule has 104 valence electrons. The van der Waals surface area contributed by atoms with E-state index in [0.717, 1.165) is 5.69 Å². The van der Waals surface area contributed by atoms with Gasteiger partial charge < -0.3 is 5.32 Å². The molecule has 0 spiro atoms. The van der Waals surface area contributed by atoms with E-state index >= 15 is 0 Å². The molecule has 0 atom stereocenters. The van der Waals surface area contributed by atoms with E-state index in [1.807, 2.05) is 12.1 Å². The van der Waals surface area contributed by atoms with Gasteiger partial charge in [-0.05, 0) is 36.4 Å². The van der Waals surface area contributed by atoms with Crippen molar-refractivity contribution in [2.24, 2.45) is 0 Å². The second-order valence-corrected chi connectivity index (χ2v) is 4.57. The molecule has 0 radical (unpaired) electrons. The molecular weight excluding hydrogens is 290 g/mol. The zero-order valence-electron chi connectivity index (χ0n) is 10.8. The number of pyridine rings is 1. The quantitative estimate of drug-likeness (QED) is 0.754. The van der Waals surface area contributed by atoms with Crippen molar-refractivity contribution in [2.45, 2.75) is 0 Å². The van der Waals surface area contributed by atoms with E-state index in [9.17, 15) is 4.79 Å². The molecule has 2 heterocycles. The number of hydrogen-bond donors (Lipinski definition) is 1. The number of anilines is 1. The predicted octanol–water partition coefficient (Wildman–Crippen LogP) is 2.57. The standard InChI is InChI=1S/C14H10ClN5O/c15-13-9-10(5-6-16-13)14(21)19-11-1-3-12(4-2-11)20-17-7-8-18-20/h1-9H,(H,19,21). The second kappa shape index (κ2) is 5.72. The summed E-state index contributed by atoms with van der Waals surface area (Å²) in [5.41, 5.74) is 1.93. The maximum Gasteiger partial charge on any atom is 0.255 e. The molecule has 0 saturated carbocycles. The van der Waals surface area contributed by atoms with Gasteiger partial charge in [-0.15, -0.1) is 0 Å². The maximum atomic E-state index is 12.1. The van der Waals surface area contributed by atoms with Crippen LogP contribution in [0.5, 0.6) is 0 Å². The van der Waals surface area contributed by atoms with Gasteiger partial charge in [-0.1, -0.05) is 11.6 Å². The van der Waals surface area contributed by atoms with Gasteiger partial charge in [0.25, 0.3) is 5.91 Å². The third kappa shape index (κ3) is 3.06. The Bertz CT molecular complexity index is 755. The number of hydrogen-bond acceptors (Lipinski definition) is 4. The van der Waals surface area contributed by atoms with Crippen LogP contribution in [0.1, 0.15) is 10.4 Å². The first-order valence-electron chi connectivity index (χ1n) is 6.12. The first-order chi connectivity index (χ1) is 10.2. The number of aromatic nitrogens is 4. The number of carbonyl (C=O) groups is 1. The molecule has 0 bridgehead atoms. The van der Waals surface area contributed by atoms with Crippen molar-refractivity contribution in [3.8, 4) is 5.69 Å². The van der Waals surface area contributed by atoms with Crippen LogP contribution in [-0.2, 0) is 0 Å². The van der Waals surface area contributed by atoms with E-state index in [4.69, 9.17) is 11.6 Å². The average molecular weight is 300 g/mol. The molecule has 0 aliphatic heterocycles. The van der Waals surface area contributed by atoms with E-state index in [0.29, 0.717) is 11.3 Å². The van der Waals surface area contributed by atoms with Crippen LogP contribution in [0.2, 0.25) is 5.15 Å². The van der Waals surface area contributed by atoms with Crippen LogP contribution in [0.4, 0.5) is 5.69 Å². The number of nitrogens with zero attached hydrogens (tertiary/aromatic N) is 4. The fraction of sp³-hybridized carbons (Fsp3) is 0. The Morgan fingerprint density at radius 1 is 1.05 bits per heavy atom. The van der Waals surface area contributed by atoms with E-state index in [1.165, 1.54) is 17.1 Å². The number of benzene rings is 1. The predicted molar refractivity (Wildman–Crippen MR) is 78.6 cm³/mol. The zero-order valence-corrected chi connectivity index (χ0v) is 11.5. The first kappa shape index (κ1) is 13.3. The molecule has 2 aromatic heterocycles. The van der Waals surface area contributed by atoms with Crippen molar-refractivity contribution in [3.63, 3.8) is 0 Å². The lowest BCUT2D eigenvalue weighted by Gasteiger charge is -2.06. The van der Waals surface area contributed by atoms with Crippen molar-refractivity contribution in [1.29, 1.82) is 0 Å². The van der Waals surface area contributed by atoms with Crippen LogP contribution in [0, 0.1) is 0 Å². The maximum absolute atomic E-state index is 12.1. The van der Waals surface area contributed by atoms with Crippen molar-refractivity contribution >= 4 is 23.2 Å². The fourth-order valence-electron chi connectivity index (χ4n) is 1.77. The summed E-state index contributed by atoms with van der Waals surface area (Å²) in [6, 6.07) is 10.3. The Morgan fingerprint density at radius 3 is 2.43 bits per heavy atom. The molecular formula is C14H10ClN5O. The molecule has 0 unspecified atom stereocenters. The number of carbonyl (C=O) groups excluding carboxylic acids is 1. The van der Waals surface area contributed by atoms with E-state index in [-0.39, 0.29) is 11.1 Å². The summed E-state index contributed by atoms with van der Waals surface area (Å²) in [5, 5.41) is 11.1. The zero-order chi connectivity index (χ0) is 14.7. The highest BCUT2D eigenvalue weighted by molar-refractivity contribution is 6.29. The SMILES string of the molecule is O=C(Nc1ccc(-n2nccn2)cc1)c1ccnc(Cl)c1. The number of rotatable bonds is 3. The van der Waals surface area contributed by atoms with E-state index in [2.05, 4.69) is 20.5 Å². The highest BCUT2D eigenvalue weighted by atomic mass is 35.5. The van der Waals surface area contributed by atoms with Crippen molar-refractivity contribution < 1.29 is 4.79 Å². The number of amides is 1. The second-order valence-electron chi connectivity index (χ2n) is 4.19. The third-order valence-corrected chi connectivity index (χ3v) is 2.97. The van der Waals surface area contributed by atoms with Gasteiger partial charge in [0.15, 0.2) is 0 Å². The third-order valence-electron chi connectivity index (χ3n) is 2.76. The molecule has 7 heteroatoms. The van der Waals surface area contributed by atoms with Crippen LogP contribution in [0.25, 0.3) is 5.69 Å². The molecule has 0 aliphatic carbocycles. The van der Waals surface area contributed by atoms with Crippen molar-refractivity contribution in [1.82, 2.24) is 20.0 Å². The molecule has 1 aromatic carbocycles. The van der Waals surface area contributed by atoms with Crippen LogP contribution in [0.15, 0.2) is 55.0 Å². The molecule has 0 saturated heterocycles. The minimum atomic E-state index is -0.246. The summed E-state index contributed by atoms with van der Waals surface area (Å²) < 4.78 is 0. The highest BCUT2D eigenvalue weighted by Crippen LogP contribution is 2.14. The molecule has 1 amide bonds. The van der Waals surface area contributed by atoms with Crippen LogP contribution < -0.4 is 5.32 Å². The Morgan fingerprint density at radius 2 is 1.76 bits per heavy atom. The van der Waals surface area contributed by atoms with Crippen LogP contribution >= 0.6 is 11.6 Å². The molecule has 1 N–H and O–H groups in total. The molecule has 3 aromatic rings. The molecule has 21 heavy (non-hydrogen) atoms. The molecule has 0 fully saturated rings. The van der Waals surface area contributed by atoms with E-state index < -0.39 is 0 Å². The van der Waals surface area contributed by atoms with Gasteiger partial charge in [0.1, 0.15) is 5.15 Å². The summed E-state index contributed by atoms with van der Waals surface area (Å²) >= 11 is 5.76. The first-order valence-corrected chi connectivity index (χ1v) is 6.50. The summed E-state index contributed by atoms with van der Waals surface area (Å²) in [4.78, 5) is 17.4. The lowest BCUT2D eigenvalue weighted by atomic mass is 10.2. The van der Waals surface area contributed by atoms with Gasteiger partial charge in [0.05, 0.1) is 18.1 Å². The fourth-order valence-corrected chi connectivity index (χ4v) is 1.95. The number of halogens is 1. The number of nitrogens with one attached hydrogen (secondary N) is 1. The minimum absolute atomic E-state index is 0.246. The van der Waals surface area contributed by atoms with Crippen molar-refractivity contribution in [2.75, 3.05) is 5.32 Å². The summed E-state index contributed by atoms with van der Waals surface area (Å²) in [5.74, 6) is -0.246. The summed E-state index contributed by atoms with van der Waals surface area (Å²) in [6.07, 6.45) is 4.69. The average Bonchev–Trinajstić information content (AvgIpc) is 3.02. The Hall–Kier alpha value is -2.73. The molecule has 6 nitrogen and oxygen atoms in total. The summed E-state index contributed by atoms with van der Waals surface area (Å²) in [7, 11) is 0. The minimum Gasteiger partial charge on any atom is -0.322 e. The van der Waals surface area contributed by atoms with Crippen LogP contribution in [-0.4, -0.2) is 25.9 Å². The Kier molecular flexibility index (Phi) is 3.61. The topological polar surface area (TPSA) is 72.7 Å². The monoisotopic (exact) mass is 299 g/mol. The van der Waals surface area contributed by atoms with Gasteiger partial charge in [-0.3, -0.25) is 4.79 Å². The van der Waals surface area contributed by atoms with E-state index in [1.54, 1.807) is 30.6 Å². The Balaban J connectivity index is 1.75. The van der Waals surface area contributed by atoms with Gasteiger partial charge >= 0.3 is 0 Å². The van der Waals surface area contributed by atoms with Crippen LogP contribution in [0.3, 0.4) is 0 Å². The smallest absolute Gasteiger partial charge is 0.255 e. The Labute approximate surface area is 125 Å².